The van der Waals surface area contributed by atoms with Crippen LogP contribution in [-0.4, -0.2) is 80.7 Å². The molecule has 0 aliphatic carbocycles. The Morgan fingerprint density at radius 2 is 1.81 bits per heavy atom. The van der Waals surface area contributed by atoms with Crippen molar-refractivity contribution >= 4 is 16.1 Å². The second kappa shape index (κ2) is 6.60. The molecule has 2 aliphatic heterocycles. The monoisotopic (exact) mass is 318 g/mol. The largest absolute Gasteiger partial charge is 0.339 e. The summed E-state index contributed by atoms with van der Waals surface area (Å²) in [7, 11) is -0.315. The van der Waals surface area contributed by atoms with E-state index >= 15 is 0 Å². The van der Waals surface area contributed by atoms with Crippen molar-refractivity contribution in [1.29, 1.82) is 0 Å². The molecule has 2 unspecified atom stereocenters. The normalized spacial score (nSPS) is 28.9. The van der Waals surface area contributed by atoms with Gasteiger partial charge in [-0.05, 0) is 25.3 Å². The van der Waals surface area contributed by atoms with Gasteiger partial charge in [-0.3, -0.25) is 4.79 Å². The number of rotatable bonds is 3. The molecule has 2 heterocycles. The SMILES string of the molecule is CC1CCCNC1C(=O)N1CCN(S(=O)(=O)N(C)C)CC1. The van der Waals surface area contributed by atoms with E-state index in [1.54, 1.807) is 4.90 Å². The standard InChI is InChI=1S/C13H26N4O3S/c1-11-5-4-6-14-12(11)13(18)16-7-9-17(10-8-16)21(19,20)15(2)3/h11-12,14H,4-10H2,1-3H3. The molecule has 122 valence electrons. The summed E-state index contributed by atoms with van der Waals surface area (Å²) in [5.74, 6) is 0.457. The summed E-state index contributed by atoms with van der Waals surface area (Å²) >= 11 is 0. The number of hydrogen-bond acceptors (Lipinski definition) is 4. The molecule has 7 nitrogen and oxygen atoms in total. The summed E-state index contributed by atoms with van der Waals surface area (Å²) in [6.45, 7) is 4.66. The van der Waals surface area contributed by atoms with Gasteiger partial charge in [-0.2, -0.15) is 17.0 Å². The molecule has 0 bridgehead atoms. The van der Waals surface area contributed by atoms with Gasteiger partial charge < -0.3 is 10.2 Å². The number of amides is 1. The summed E-state index contributed by atoms with van der Waals surface area (Å²) in [4.78, 5) is 14.3. The van der Waals surface area contributed by atoms with Gasteiger partial charge in [0.25, 0.3) is 10.2 Å². The summed E-state index contributed by atoms with van der Waals surface area (Å²) in [5.41, 5.74) is 0. The zero-order chi connectivity index (χ0) is 15.6. The van der Waals surface area contributed by atoms with Crippen LogP contribution < -0.4 is 5.32 Å². The Hall–Kier alpha value is -0.700. The summed E-state index contributed by atoms with van der Waals surface area (Å²) in [6.07, 6.45) is 2.18. The quantitative estimate of drug-likeness (QED) is 0.749. The van der Waals surface area contributed by atoms with Crippen LogP contribution in [0.2, 0.25) is 0 Å². The Balaban J connectivity index is 1.93. The number of piperidine rings is 1. The highest BCUT2D eigenvalue weighted by Crippen LogP contribution is 2.19. The maximum Gasteiger partial charge on any atom is 0.281 e. The van der Waals surface area contributed by atoms with E-state index in [4.69, 9.17) is 0 Å². The molecule has 0 aromatic heterocycles. The predicted molar refractivity (Wildman–Crippen MR) is 80.9 cm³/mol. The molecule has 0 spiro atoms. The molecule has 0 aromatic carbocycles. The first-order chi connectivity index (χ1) is 9.84. The van der Waals surface area contributed by atoms with Gasteiger partial charge in [-0.1, -0.05) is 6.92 Å². The van der Waals surface area contributed by atoms with Gasteiger partial charge in [0, 0.05) is 40.3 Å². The van der Waals surface area contributed by atoms with Crippen molar-refractivity contribution < 1.29 is 13.2 Å². The number of carbonyl (C=O) groups excluding carboxylic acids is 1. The predicted octanol–water partition coefficient (Wildman–Crippen LogP) is -0.675. The Labute approximate surface area is 127 Å². The third-order valence-electron chi connectivity index (χ3n) is 4.37. The highest BCUT2D eigenvalue weighted by molar-refractivity contribution is 7.86. The Kier molecular flexibility index (Phi) is 5.24. The summed E-state index contributed by atoms with van der Waals surface area (Å²) in [6, 6.07) is -0.115. The molecule has 0 saturated carbocycles. The van der Waals surface area contributed by atoms with Crippen molar-refractivity contribution in [3.8, 4) is 0 Å². The molecular weight excluding hydrogens is 292 g/mol. The number of piperazine rings is 1. The van der Waals surface area contributed by atoms with Crippen LogP contribution in [0.1, 0.15) is 19.8 Å². The van der Waals surface area contributed by atoms with Crippen LogP contribution in [0.5, 0.6) is 0 Å². The summed E-state index contributed by atoms with van der Waals surface area (Å²) in [5, 5.41) is 3.29. The molecule has 8 heteroatoms. The van der Waals surface area contributed by atoms with Crippen molar-refractivity contribution in [3.63, 3.8) is 0 Å². The fraction of sp³-hybridized carbons (Fsp3) is 0.923. The van der Waals surface area contributed by atoms with E-state index in [2.05, 4.69) is 12.2 Å². The molecule has 2 aliphatic rings. The third-order valence-corrected chi connectivity index (χ3v) is 6.31. The van der Waals surface area contributed by atoms with Crippen molar-refractivity contribution in [3.05, 3.63) is 0 Å². The van der Waals surface area contributed by atoms with Crippen LogP contribution in [0, 0.1) is 5.92 Å². The lowest BCUT2D eigenvalue weighted by Gasteiger charge is -2.38. The van der Waals surface area contributed by atoms with E-state index in [0.717, 1.165) is 19.4 Å². The van der Waals surface area contributed by atoms with E-state index in [1.807, 2.05) is 0 Å². The maximum absolute atomic E-state index is 12.5. The van der Waals surface area contributed by atoms with Crippen LogP contribution in [0.3, 0.4) is 0 Å². The number of carbonyl (C=O) groups is 1. The zero-order valence-corrected chi connectivity index (χ0v) is 13.9. The fourth-order valence-electron chi connectivity index (χ4n) is 2.95. The van der Waals surface area contributed by atoms with Gasteiger partial charge in [-0.25, -0.2) is 0 Å². The molecule has 2 atom stereocenters. The van der Waals surface area contributed by atoms with E-state index in [9.17, 15) is 13.2 Å². The van der Waals surface area contributed by atoms with Crippen LogP contribution in [0.4, 0.5) is 0 Å². The molecule has 0 aromatic rings. The third kappa shape index (κ3) is 3.56. The zero-order valence-electron chi connectivity index (χ0n) is 13.1. The van der Waals surface area contributed by atoms with Gasteiger partial charge >= 0.3 is 0 Å². The molecule has 2 rings (SSSR count). The van der Waals surface area contributed by atoms with Crippen LogP contribution >= 0.6 is 0 Å². The molecule has 21 heavy (non-hydrogen) atoms. The van der Waals surface area contributed by atoms with Crippen molar-refractivity contribution in [2.75, 3.05) is 46.8 Å². The highest BCUT2D eigenvalue weighted by atomic mass is 32.2. The lowest BCUT2D eigenvalue weighted by Crippen LogP contribution is -2.58. The summed E-state index contributed by atoms with van der Waals surface area (Å²) < 4.78 is 26.8. The van der Waals surface area contributed by atoms with Crippen LogP contribution in [0.15, 0.2) is 0 Å². The lowest BCUT2D eigenvalue weighted by atomic mass is 9.91. The van der Waals surface area contributed by atoms with Crippen molar-refractivity contribution in [2.24, 2.45) is 5.92 Å². The fourth-order valence-corrected chi connectivity index (χ4v) is 4.03. The Bertz CT molecular complexity index is 472. The molecule has 1 amide bonds. The molecule has 0 radical (unpaired) electrons. The molecular formula is C13H26N4O3S. The van der Waals surface area contributed by atoms with Crippen LogP contribution in [-0.2, 0) is 15.0 Å². The second-order valence-electron chi connectivity index (χ2n) is 6.07. The van der Waals surface area contributed by atoms with Crippen LogP contribution in [0.25, 0.3) is 0 Å². The average Bonchev–Trinajstić information content (AvgIpc) is 2.47. The number of hydrogen-bond donors (Lipinski definition) is 1. The lowest BCUT2D eigenvalue weighted by molar-refractivity contribution is -0.136. The minimum atomic E-state index is -3.37. The van der Waals surface area contributed by atoms with Gasteiger partial charge in [0.1, 0.15) is 0 Å². The maximum atomic E-state index is 12.5. The number of nitrogens with one attached hydrogen (secondary N) is 1. The van der Waals surface area contributed by atoms with E-state index in [1.165, 1.54) is 22.7 Å². The Morgan fingerprint density at radius 3 is 2.33 bits per heavy atom. The van der Waals surface area contributed by atoms with Crippen molar-refractivity contribution in [2.45, 2.75) is 25.8 Å². The van der Waals surface area contributed by atoms with Crippen molar-refractivity contribution in [1.82, 2.24) is 18.8 Å². The molecule has 1 N–H and O–H groups in total. The van der Waals surface area contributed by atoms with Gasteiger partial charge in [0.05, 0.1) is 6.04 Å². The van der Waals surface area contributed by atoms with E-state index in [-0.39, 0.29) is 11.9 Å². The number of nitrogens with zero attached hydrogens (tertiary/aromatic N) is 3. The van der Waals surface area contributed by atoms with E-state index < -0.39 is 10.2 Å². The minimum absolute atomic E-state index is 0.115. The first-order valence-corrected chi connectivity index (χ1v) is 8.93. The molecule has 2 fully saturated rings. The minimum Gasteiger partial charge on any atom is -0.339 e. The van der Waals surface area contributed by atoms with E-state index in [0.29, 0.717) is 32.1 Å². The average molecular weight is 318 g/mol. The first kappa shape index (κ1) is 16.7. The highest BCUT2D eigenvalue weighted by Gasteiger charge is 2.35. The van der Waals surface area contributed by atoms with Gasteiger partial charge in [0.2, 0.25) is 5.91 Å². The second-order valence-corrected chi connectivity index (χ2v) is 8.21. The first-order valence-electron chi connectivity index (χ1n) is 7.54. The van der Waals surface area contributed by atoms with Gasteiger partial charge in [0.15, 0.2) is 0 Å². The molecule has 2 saturated heterocycles. The van der Waals surface area contributed by atoms with Gasteiger partial charge in [-0.15, -0.1) is 0 Å². The topological polar surface area (TPSA) is 73.0 Å². The Morgan fingerprint density at radius 1 is 1.19 bits per heavy atom. The smallest absolute Gasteiger partial charge is 0.281 e.